The highest BCUT2D eigenvalue weighted by molar-refractivity contribution is 9.10. The Bertz CT molecular complexity index is 860. The molecule has 1 aliphatic rings. The summed E-state index contributed by atoms with van der Waals surface area (Å²) in [5, 5.41) is 0. The highest BCUT2D eigenvalue weighted by Crippen LogP contribution is 2.36. The van der Waals surface area contributed by atoms with E-state index >= 15 is 0 Å². The average molecular weight is 467 g/mol. The van der Waals surface area contributed by atoms with Gasteiger partial charge >= 0.3 is 0 Å². The molecule has 0 aromatic heterocycles. The van der Waals surface area contributed by atoms with Crippen LogP contribution >= 0.6 is 15.9 Å². The van der Waals surface area contributed by atoms with Gasteiger partial charge < -0.3 is 19.1 Å². The molecule has 0 saturated carbocycles. The minimum Gasteiger partial charge on any atom is -0.495 e. The highest BCUT2D eigenvalue weighted by atomic mass is 79.9. The van der Waals surface area contributed by atoms with Gasteiger partial charge in [0.2, 0.25) is 0 Å². The van der Waals surface area contributed by atoms with Gasteiger partial charge in [0.1, 0.15) is 16.0 Å². The molecule has 6 nitrogen and oxygen atoms in total. The summed E-state index contributed by atoms with van der Waals surface area (Å²) in [6, 6.07) is 8.41. The number of nitrogens with zero attached hydrogens (tertiary/aromatic N) is 2. The molecule has 0 N–H and O–H groups in total. The predicted octanol–water partition coefficient (Wildman–Crippen LogP) is 3.57. The Kier molecular flexibility index (Phi) is 6.97. The lowest BCUT2D eigenvalue weighted by molar-refractivity contribution is 0.0627. The molecule has 0 spiro atoms. The number of carbonyl (C=O) groups excluding carboxylic acids is 1. The molecule has 3 rings (SSSR count). The maximum atomic E-state index is 13.9. The molecule has 29 heavy (non-hydrogen) atoms. The molecular formula is C21H24BrFN2O4. The van der Waals surface area contributed by atoms with Crippen molar-refractivity contribution in [2.45, 2.75) is 6.54 Å². The third kappa shape index (κ3) is 4.82. The molecule has 2 aromatic rings. The summed E-state index contributed by atoms with van der Waals surface area (Å²) >= 11 is 3.42. The van der Waals surface area contributed by atoms with Crippen molar-refractivity contribution in [3.8, 4) is 17.2 Å². The van der Waals surface area contributed by atoms with Gasteiger partial charge in [-0.25, -0.2) is 4.39 Å². The van der Waals surface area contributed by atoms with Gasteiger partial charge in [0.25, 0.3) is 5.91 Å². The van der Waals surface area contributed by atoms with Gasteiger partial charge in [0.05, 0.1) is 21.3 Å². The van der Waals surface area contributed by atoms with Crippen molar-refractivity contribution in [3.63, 3.8) is 0 Å². The van der Waals surface area contributed by atoms with E-state index in [1.54, 1.807) is 32.4 Å². The molecule has 1 fully saturated rings. The molecular weight excluding hydrogens is 443 g/mol. The van der Waals surface area contributed by atoms with Gasteiger partial charge in [0, 0.05) is 38.3 Å². The smallest absolute Gasteiger partial charge is 0.254 e. The lowest BCUT2D eigenvalue weighted by Crippen LogP contribution is -2.48. The number of ether oxygens (including phenoxy) is 3. The van der Waals surface area contributed by atoms with Crippen molar-refractivity contribution in [2.75, 3.05) is 47.5 Å². The number of methoxy groups -OCH3 is 3. The van der Waals surface area contributed by atoms with Gasteiger partial charge in [-0.1, -0.05) is 6.07 Å². The van der Waals surface area contributed by atoms with Gasteiger partial charge in [-0.2, -0.15) is 0 Å². The van der Waals surface area contributed by atoms with Crippen LogP contribution in [-0.4, -0.2) is 63.2 Å². The molecule has 0 aliphatic carbocycles. The second-order valence-corrected chi connectivity index (χ2v) is 7.52. The summed E-state index contributed by atoms with van der Waals surface area (Å²) in [7, 11) is 4.55. The van der Waals surface area contributed by atoms with Crippen LogP contribution in [0.4, 0.5) is 4.39 Å². The van der Waals surface area contributed by atoms with Crippen molar-refractivity contribution >= 4 is 21.8 Å². The molecule has 0 bridgehead atoms. The fourth-order valence-corrected chi connectivity index (χ4v) is 3.90. The Hall–Kier alpha value is -2.32. The number of amides is 1. The first kappa shape index (κ1) is 21.4. The zero-order chi connectivity index (χ0) is 21.0. The molecule has 0 unspecified atom stereocenters. The number of halogens is 2. The van der Waals surface area contributed by atoms with Gasteiger partial charge in [-0.15, -0.1) is 0 Å². The minimum atomic E-state index is -0.364. The van der Waals surface area contributed by atoms with Gasteiger partial charge in [0.15, 0.2) is 11.6 Å². The first-order valence-corrected chi connectivity index (χ1v) is 10.0. The standard InChI is InChI=1S/C21H24BrFN2O4/c1-27-17-5-4-14(10-16(17)23)13-24-6-8-25(9-7-24)21(26)15-11-18(28-2)20(22)19(12-15)29-3/h4-5,10-12H,6-9,13H2,1-3H3. The number of hydrogen-bond acceptors (Lipinski definition) is 5. The van der Waals surface area contributed by atoms with Crippen molar-refractivity contribution < 1.29 is 23.4 Å². The van der Waals surface area contributed by atoms with Crippen LogP contribution in [0.15, 0.2) is 34.8 Å². The van der Waals surface area contributed by atoms with E-state index in [9.17, 15) is 9.18 Å². The zero-order valence-corrected chi connectivity index (χ0v) is 18.3. The van der Waals surface area contributed by atoms with Crippen LogP contribution in [-0.2, 0) is 6.54 Å². The van der Waals surface area contributed by atoms with Crippen molar-refractivity contribution in [3.05, 3.63) is 51.7 Å². The van der Waals surface area contributed by atoms with E-state index < -0.39 is 0 Å². The first-order chi connectivity index (χ1) is 14.0. The van der Waals surface area contributed by atoms with E-state index in [4.69, 9.17) is 14.2 Å². The number of piperazine rings is 1. The molecule has 1 saturated heterocycles. The maximum Gasteiger partial charge on any atom is 0.254 e. The summed E-state index contributed by atoms with van der Waals surface area (Å²) < 4.78 is 30.2. The lowest BCUT2D eigenvalue weighted by atomic mass is 10.1. The molecule has 2 aromatic carbocycles. The Labute approximate surface area is 178 Å². The van der Waals surface area contributed by atoms with E-state index in [-0.39, 0.29) is 17.5 Å². The van der Waals surface area contributed by atoms with Crippen LogP contribution in [0.1, 0.15) is 15.9 Å². The van der Waals surface area contributed by atoms with Crippen LogP contribution in [0.5, 0.6) is 17.2 Å². The fourth-order valence-electron chi connectivity index (χ4n) is 3.35. The van der Waals surface area contributed by atoms with Crippen molar-refractivity contribution in [1.29, 1.82) is 0 Å². The van der Waals surface area contributed by atoms with Gasteiger partial charge in [-0.05, 0) is 45.8 Å². The summed E-state index contributed by atoms with van der Waals surface area (Å²) in [6.45, 7) is 3.24. The molecule has 1 amide bonds. The maximum absolute atomic E-state index is 13.9. The normalized spacial score (nSPS) is 14.6. The Morgan fingerprint density at radius 3 is 2.07 bits per heavy atom. The van der Waals surface area contributed by atoms with Crippen LogP contribution in [0, 0.1) is 5.82 Å². The predicted molar refractivity (Wildman–Crippen MR) is 111 cm³/mol. The molecule has 156 valence electrons. The fraction of sp³-hybridized carbons (Fsp3) is 0.381. The topological polar surface area (TPSA) is 51.2 Å². The first-order valence-electron chi connectivity index (χ1n) is 9.22. The molecule has 0 radical (unpaired) electrons. The van der Waals surface area contributed by atoms with Crippen LogP contribution in [0.3, 0.4) is 0 Å². The lowest BCUT2D eigenvalue weighted by Gasteiger charge is -2.35. The number of carbonyl (C=O) groups is 1. The second kappa shape index (κ2) is 9.45. The van der Waals surface area contributed by atoms with E-state index in [1.165, 1.54) is 13.2 Å². The van der Waals surface area contributed by atoms with Gasteiger partial charge in [-0.3, -0.25) is 9.69 Å². The van der Waals surface area contributed by atoms with Crippen molar-refractivity contribution in [1.82, 2.24) is 9.80 Å². The van der Waals surface area contributed by atoms with Crippen LogP contribution in [0.25, 0.3) is 0 Å². The molecule has 8 heteroatoms. The van der Waals surface area contributed by atoms with E-state index in [0.29, 0.717) is 54.3 Å². The molecule has 1 aliphatic heterocycles. The van der Waals surface area contributed by atoms with E-state index in [2.05, 4.69) is 20.8 Å². The zero-order valence-electron chi connectivity index (χ0n) is 16.7. The molecule has 0 atom stereocenters. The summed E-state index contributed by atoms with van der Waals surface area (Å²) in [5.41, 5.74) is 1.40. The number of rotatable bonds is 6. The van der Waals surface area contributed by atoms with Crippen LogP contribution in [0.2, 0.25) is 0 Å². The number of benzene rings is 2. The summed E-state index contributed by atoms with van der Waals surface area (Å²) in [4.78, 5) is 17.0. The molecule has 1 heterocycles. The largest absolute Gasteiger partial charge is 0.495 e. The Balaban J connectivity index is 1.63. The average Bonchev–Trinajstić information content (AvgIpc) is 2.74. The highest BCUT2D eigenvalue weighted by Gasteiger charge is 2.24. The SMILES string of the molecule is COc1ccc(CN2CCN(C(=O)c3cc(OC)c(Br)c(OC)c3)CC2)cc1F. The quantitative estimate of drug-likeness (QED) is 0.651. The number of hydrogen-bond donors (Lipinski definition) is 0. The Morgan fingerprint density at radius 1 is 0.966 bits per heavy atom. The van der Waals surface area contributed by atoms with Crippen LogP contribution < -0.4 is 14.2 Å². The monoisotopic (exact) mass is 466 g/mol. The third-order valence-electron chi connectivity index (χ3n) is 4.97. The summed E-state index contributed by atoms with van der Waals surface area (Å²) in [5.74, 6) is 0.909. The summed E-state index contributed by atoms with van der Waals surface area (Å²) in [6.07, 6.45) is 0. The minimum absolute atomic E-state index is 0.0655. The Morgan fingerprint density at radius 2 is 1.55 bits per heavy atom. The second-order valence-electron chi connectivity index (χ2n) is 6.73. The van der Waals surface area contributed by atoms with E-state index in [1.807, 2.05) is 11.0 Å². The van der Waals surface area contributed by atoms with Crippen molar-refractivity contribution in [2.24, 2.45) is 0 Å². The third-order valence-corrected chi connectivity index (χ3v) is 5.76. The van der Waals surface area contributed by atoms with E-state index in [0.717, 1.165) is 5.56 Å².